The summed E-state index contributed by atoms with van der Waals surface area (Å²) in [6, 6.07) is 7.53. The molecule has 4 saturated carbocycles. The van der Waals surface area contributed by atoms with E-state index in [2.05, 4.69) is 36.9 Å². The normalized spacial score (nSPS) is 28.8. The maximum absolute atomic E-state index is 12.9. The van der Waals surface area contributed by atoms with Gasteiger partial charge in [0, 0.05) is 18.5 Å². The number of nitrogens with one attached hydrogen (secondary N) is 3. The Kier molecular flexibility index (Phi) is 5.84. The standard InChI is InChI=1S/C25H35N3O3/c1-24(2,3)20-6-4-19(5-7-20)22(30)26-9-8-21(29)27-28-23(31)25-13-16-10-17(14-25)12-18(11-16)15-25/h4-7,16-18H,8-15H2,1-3H3,(H,26,30)(H,27,29)(H,28,31). The van der Waals surface area contributed by atoms with Crippen molar-refractivity contribution >= 4 is 17.7 Å². The van der Waals surface area contributed by atoms with Crippen LogP contribution in [0.2, 0.25) is 0 Å². The lowest BCUT2D eigenvalue weighted by atomic mass is 9.49. The summed E-state index contributed by atoms with van der Waals surface area (Å²) in [6.07, 6.45) is 6.83. The molecule has 168 valence electrons. The van der Waals surface area contributed by atoms with Crippen molar-refractivity contribution in [2.24, 2.45) is 23.2 Å². The van der Waals surface area contributed by atoms with Gasteiger partial charge < -0.3 is 5.32 Å². The topological polar surface area (TPSA) is 87.3 Å². The molecule has 1 aromatic carbocycles. The first-order valence-electron chi connectivity index (χ1n) is 11.6. The lowest BCUT2D eigenvalue weighted by molar-refractivity contribution is -0.148. The van der Waals surface area contributed by atoms with E-state index in [4.69, 9.17) is 0 Å². The Morgan fingerprint density at radius 1 is 0.903 bits per heavy atom. The molecule has 0 aromatic heterocycles. The smallest absolute Gasteiger partial charge is 0.251 e. The number of hydrazine groups is 1. The minimum atomic E-state index is -0.290. The summed E-state index contributed by atoms with van der Waals surface area (Å²) in [7, 11) is 0. The molecule has 3 N–H and O–H groups in total. The fourth-order valence-electron chi connectivity index (χ4n) is 6.22. The second kappa shape index (κ2) is 8.29. The van der Waals surface area contributed by atoms with Crippen molar-refractivity contribution in [3.05, 3.63) is 35.4 Å². The highest BCUT2D eigenvalue weighted by molar-refractivity contribution is 5.94. The van der Waals surface area contributed by atoms with Crippen LogP contribution in [0, 0.1) is 23.2 Å². The summed E-state index contributed by atoms with van der Waals surface area (Å²) in [4.78, 5) is 37.3. The van der Waals surface area contributed by atoms with Crippen LogP contribution >= 0.6 is 0 Å². The summed E-state index contributed by atoms with van der Waals surface area (Å²) in [5, 5.41) is 2.77. The molecule has 4 bridgehead atoms. The summed E-state index contributed by atoms with van der Waals surface area (Å²) in [5.74, 6) is 1.52. The van der Waals surface area contributed by atoms with Crippen molar-refractivity contribution in [3.8, 4) is 0 Å². The van der Waals surface area contributed by atoms with Crippen molar-refractivity contribution in [3.63, 3.8) is 0 Å². The van der Waals surface area contributed by atoms with Gasteiger partial charge in [-0.1, -0.05) is 32.9 Å². The number of rotatable bonds is 5. The zero-order valence-electron chi connectivity index (χ0n) is 18.9. The van der Waals surface area contributed by atoms with Crippen LogP contribution < -0.4 is 16.2 Å². The van der Waals surface area contributed by atoms with E-state index < -0.39 is 0 Å². The molecule has 0 unspecified atom stereocenters. The van der Waals surface area contributed by atoms with Crippen LogP contribution in [-0.2, 0) is 15.0 Å². The number of hydrogen-bond donors (Lipinski definition) is 3. The maximum Gasteiger partial charge on any atom is 0.251 e. The van der Waals surface area contributed by atoms with Gasteiger partial charge in [0.2, 0.25) is 11.8 Å². The van der Waals surface area contributed by atoms with E-state index in [1.54, 1.807) is 0 Å². The average molecular weight is 426 g/mol. The molecule has 1 aromatic rings. The van der Waals surface area contributed by atoms with Crippen LogP contribution in [-0.4, -0.2) is 24.3 Å². The van der Waals surface area contributed by atoms with Crippen LogP contribution in [0.25, 0.3) is 0 Å². The fraction of sp³-hybridized carbons (Fsp3) is 0.640. The number of amides is 3. The Morgan fingerprint density at radius 2 is 1.45 bits per heavy atom. The molecule has 0 saturated heterocycles. The van der Waals surface area contributed by atoms with Crippen LogP contribution in [0.1, 0.15) is 81.6 Å². The van der Waals surface area contributed by atoms with Crippen molar-refractivity contribution in [1.82, 2.24) is 16.2 Å². The van der Waals surface area contributed by atoms with E-state index in [9.17, 15) is 14.4 Å². The molecule has 4 aliphatic rings. The van der Waals surface area contributed by atoms with Gasteiger partial charge in [0.05, 0.1) is 5.41 Å². The highest BCUT2D eigenvalue weighted by atomic mass is 16.2. The highest BCUT2D eigenvalue weighted by Crippen LogP contribution is 2.60. The monoisotopic (exact) mass is 425 g/mol. The second-order valence-corrected chi connectivity index (χ2v) is 11.0. The van der Waals surface area contributed by atoms with Gasteiger partial charge in [-0.15, -0.1) is 0 Å². The van der Waals surface area contributed by atoms with Gasteiger partial charge in [-0.2, -0.15) is 0 Å². The first kappa shape index (κ1) is 21.8. The van der Waals surface area contributed by atoms with Crippen LogP contribution in [0.4, 0.5) is 0 Å². The maximum atomic E-state index is 12.9. The first-order valence-corrected chi connectivity index (χ1v) is 11.6. The number of benzene rings is 1. The van der Waals surface area contributed by atoms with E-state index in [1.165, 1.54) is 19.3 Å². The summed E-state index contributed by atoms with van der Waals surface area (Å²) < 4.78 is 0. The molecular formula is C25H35N3O3. The van der Waals surface area contributed by atoms with Crippen molar-refractivity contribution in [2.45, 2.75) is 71.1 Å². The predicted octanol–water partition coefficient (Wildman–Crippen LogP) is 3.47. The zero-order valence-corrected chi connectivity index (χ0v) is 18.9. The van der Waals surface area contributed by atoms with Crippen LogP contribution in [0.15, 0.2) is 24.3 Å². The second-order valence-electron chi connectivity index (χ2n) is 11.0. The third-order valence-electron chi connectivity index (χ3n) is 7.49. The number of carbonyl (C=O) groups excluding carboxylic acids is 3. The van der Waals surface area contributed by atoms with Gasteiger partial charge >= 0.3 is 0 Å². The SMILES string of the molecule is CC(C)(C)c1ccc(C(=O)NCCC(=O)NNC(=O)C23CC4CC(CC(C4)C2)C3)cc1. The third-order valence-corrected chi connectivity index (χ3v) is 7.49. The molecule has 0 atom stereocenters. The van der Waals surface area contributed by atoms with E-state index in [0.29, 0.717) is 23.3 Å². The number of carbonyl (C=O) groups is 3. The Bertz CT molecular complexity index is 818. The van der Waals surface area contributed by atoms with Gasteiger partial charge in [0.1, 0.15) is 0 Å². The van der Waals surface area contributed by atoms with Gasteiger partial charge in [0.25, 0.3) is 5.91 Å². The Morgan fingerprint density at radius 3 is 1.97 bits per heavy atom. The van der Waals surface area contributed by atoms with E-state index in [-0.39, 0.29) is 41.5 Å². The van der Waals surface area contributed by atoms with Crippen molar-refractivity contribution in [2.75, 3.05) is 6.54 Å². The summed E-state index contributed by atoms with van der Waals surface area (Å²) in [5.41, 5.74) is 6.72. The highest BCUT2D eigenvalue weighted by Gasteiger charge is 2.54. The molecule has 3 amide bonds. The van der Waals surface area contributed by atoms with Crippen LogP contribution in [0.5, 0.6) is 0 Å². The van der Waals surface area contributed by atoms with Crippen molar-refractivity contribution < 1.29 is 14.4 Å². The van der Waals surface area contributed by atoms with Gasteiger partial charge in [0.15, 0.2) is 0 Å². The molecule has 5 rings (SSSR count). The van der Waals surface area contributed by atoms with E-state index >= 15 is 0 Å². The molecule has 0 radical (unpaired) electrons. The lowest BCUT2D eigenvalue weighted by Crippen LogP contribution is -2.56. The predicted molar refractivity (Wildman–Crippen MR) is 119 cm³/mol. The van der Waals surface area contributed by atoms with Gasteiger partial charge in [-0.3, -0.25) is 25.2 Å². The minimum Gasteiger partial charge on any atom is -0.352 e. The lowest BCUT2D eigenvalue weighted by Gasteiger charge is -2.55. The molecule has 0 heterocycles. The third kappa shape index (κ3) is 4.78. The quantitative estimate of drug-likeness (QED) is 0.631. The average Bonchev–Trinajstić information content (AvgIpc) is 2.70. The number of hydrogen-bond acceptors (Lipinski definition) is 3. The molecule has 6 nitrogen and oxygen atoms in total. The van der Waals surface area contributed by atoms with Crippen LogP contribution in [0.3, 0.4) is 0 Å². The summed E-state index contributed by atoms with van der Waals surface area (Å²) in [6.45, 7) is 6.60. The largest absolute Gasteiger partial charge is 0.352 e. The Hall–Kier alpha value is -2.37. The fourth-order valence-corrected chi connectivity index (χ4v) is 6.22. The van der Waals surface area contributed by atoms with Crippen molar-refractivity contribution in [1.29, 1.82) is 0 Å². The molecule has 6 heteroatoms. The molecule has 0 spiro atoms. The van der Waals surface area contributed by atoms with E-state index in [1.807, 2.05) is 24.3 Å². The van der Waals surface area contributed by atoms with Gasteiger partial charge in [-0.05, 0) is 79.4 Å². The molecule has 31 heavy (non-hydrogen) atoms. The summed E-state index contributed by atoms with van der Waals surface area (Å²) >= 11 is 0. The first-order chi connectivity index (χ1) is 14.6. The molecular weight excluding hydrogens is 390 g/mol. The molecule has 4 aliphatic carbocycles. The Labute approximate surface area is 184 Å². The molecule has 0 aliphatic heterocycles. The zero-order chi connectivity index (χ0) is 22.2. The Balaban J connectivity index is 1.19. The van der Waals surface area contributed by atoms with Gasteiger partial charge in [-0.25, -0.2) is 0 Å². The molecule has 4 fully saturated rings. The van der Waals surface area contributed by atoms with E-state index in [0.717, 1.165) is 24.8 Å². The minimum absolute atomic E-state index is 0.0251.